The Bertz CT molecular complexity index is 351. The van der Waals surface area contributed by atoms with Crippen LogP contribution in [0.1, 0.15) is 52.4 Å². The second-order valence-corrected chi connectivity index (χ2v) is 6.35. The topological polar surface area (TPSA) is 57.6 Å². The summed E-state index contributed by atoms with van der Waals surface area (Å²) in [4.78, 5) is 25.4. The molecular weight excluding hydrogens is 230 g/mol. The van der Waals surface area contributed by atoms with Gasteiger partial charge in [0.25, 0.3) is 0 Å². The molecule has 4 heteroatoms. The number of carbonyl (C=O) groups is 2. The van der Waals surface area contributed by atoms with E-state index in [1.807, 2.05) is 4.90 Å². The van der Waals surface area contributed by atoms with Gasteiger partial charge < -0.3 is 10.0 Å². The first kappa shape index (κ1) is 13.4. The van der Waals surface area contributed by atoms with Crippen molar-refractivity contribution in [2.75, 3.05) is 6.54 Å². The molecule has 0 radical (unpaired) electrons. The van der Waals surface area contributed by atoms with Gasteiger partial charge in [0.2, 0.25) is 5.91 Å². The number of piperidine rings is 1. The highest BCUT2D eigenvalue weighted by Crippen LogP contribution is 2.37. The first-order chi connectivity index (χ1) is 8.42. The van der Waals surface area contributed by atoms with Gasteiger partial charge in [-0.05, 0) is 45.4 Å². The van der Waals surface area contributed by atoms with Crippen molar-refractivity contribution in [3.63, 3.8) is 0 Å². The van der Waals surface area contributed by atoms with Crippen molar-refractivity contribution in [3.8, 4) is 0 Å². The lowest BCUT2D eigenvalue weighted by Gasteiger charge is -2.39. The number of hydrogen-bond acceptors (Lipinski definition) is 2. The largest absolute Gasteiger partial charge is 0.481 e. The van der Waals surface area contributed by atoms with E-state index in [9.17, 15) is 9.59 Å². The number of carbonyl (C=O) groups excluding carboxylic acids is 1. The molecule has 0 bridgehead atoms. The molecule has 102 valence electrons. The Balaban J connectivity index is 2.02. The van der Waals surface area contributed by atoms with E-state index in [0.717, 1.165) is 19.4 Å². The zero-order valence-electron chi connectivity index (χ0n) is 11.3. The minimum atomic E-state index is -0.956. The fourth-order valence-corrected chi connectivity index (χ4v) is 3.32. The number of rotatable bonds is 3. The molecule has 18 heavy (non-hydrogen) atoms. The van der Waals surface area contributed by atoms with Crippen LogP contribution in [0.5, 0.6) is 0 Å². The number of amides is 1. The van der Waals surface area contributed by atoms with Gasteiger partial charge in [-0.1, -0.05) is 6.42 Å². The molecule has 1 saturated carbocycles. The molecule has 2 unspecified atom stereocenters. The molecule has 0 aromatic carbocycles. The number of aliphatic carboxylic acids is 1. The Morgan fingerprint density at radius 1 is 1.22 bits per heavy atom. The molecule has 1 aliphatic carbocycles. The van der Waals surface area contributed by atoms with Crippen molar-refractivity contribution >= 4 is 11.9 Å². The monoisotopic (exact) mass is 253 g/mol. The van der Waals surface area contributed by atoms with Gasteiger partial charge in [-0.25, -0.2) is 0 Å². The van der Waals surface area contributed by atoms with Gasteiger partial charge in [-0.3, -0.25) is 9.59 Å². The molecule has 1 amide bonds. The van der Waals surface area contributed by atoms with Crippen LogP contribution in [-0.4, -0.2) is 34.5 Å². The highest BCUT2D eigenvalue weighted by molar-refractivity contribution is 5.84. The number of fused-ring (bicyclic) bond motifs is 1. The molecule has 0 aromatic rings. The first-order valence-corrected chi connectivity index (χ1v) is 6.95. The number of likely N-dealkylation sites (tertiary alicyclic amines) is 1. The zero-order chi connectivity index (χ0) is 13.3. The van der Waals surface area contributed by atoms with Crippen molar-refractivity contribution in [2.45, 2.75) is 58.4 Å². The predicted octanol–water partition coefficient (Wildman–Crippen LogP) is 2.28. The van der Waals surface area contributed by atoms with Crippen LogP contribution in [0.2, 0.25) is 0 Å². The molecule has 4 nitrogen and oxygen atoms in total. The molecule has 2 rings (SSSR count). The number of nitrogens with zero attached hydrogens (tertiary/aromatic N) is 1. The average molecular weight is 253 g/mol. The molecule has 1 N–H and O–H groups in total. The number of carboxylic acid groups (broad SMARTS) is 1. The van der Waals surface area contributed by atoms with Crippen LogP contribution < -0.4 is 0 Å². The lowest BCUT2D eigenvalue weighted by Crippen LogP contribution is -2.47. The Morgan fingerprint density at radius 2 is 1.89 bits per heavy atom. The molecule has 2 aliphatic rings. The molecule has 1 aliphatic heterocycles. The van der Waals surface area contributed by atoms with Crippen molar-refractivity contribution in [1.82, 2.24) is 4.90 Å². The summed E-state index contributed by atoms with van der Waals surface area (Å²) < 4.78 is 0. The summed E-state index contributed by atoms with van der Waals surface area (Å²) >= 11 is 0. The van der Waals surface area contributed by atoms with E-state index >= 15 is 0 Å². The minimum absolute atomic E-state index is 0.0269. The molecule has 2 atom stereocenters. The quantitative estimate of drug-likeness (QED) is 0.839. The van der Waals surface area contributed by atoms with E-state index < -0.39 is 11.4 Å². The second kappa shape index (κ2) is 4.90. The normalized spacial score (nSPS) is 28.0. The summed E-state index contributed by atoms with van der Waals surface area (Å²) in [5.74, 6) is -0.203. The molecule has 1 saturated heterocycles. The van der Waals surface area contributed by atoms with E-state index in [2.05, 4.69) is 0 Å². The van der Waals surface area contributed by atoms with Gasteiger partial charge in [-0.15, -0.1) is 0 Å². The Hall–Kier alpha value is -1.06. The van der Waals surface area contributed by atoms with Crippen LogP contribution in [0.3, 0.4) is 0 Å². The highest BCUT2D eigenvalue weighted by atomic mass is 16.4. The van der Waals surface area contributed by atoms with E-state index in [1.54, 1.807) is 13.8 Å². The lowest BCUT2D eigenvalue weighted by molar-refractivity contribution is -0.152. The highest BCUT2D eigenvalue weighted by Gasteiger charge is 2.39. The summed E-state index contributed by atoms with van der Waals surface area (Å²) in [5, 5.41) is 9.11. The predicted molar refractivity (Wildman–Crippen MR) is 68.1 cm³/mol. The van der Waals surface area contributed by atoms with Gasteiger partial charge in [0.1, 0.15) is 0 Å². The maximum Gasteiger partial charge on any atom is 0.309 e. The zero-order valence-corrected chi connectivity index (χ0v) is 11.3. The van der Waals surface area contributed by atoms with Gasteiger partial charge in [-0.2, -0.15) is 0 Å². The molecular formula is C14H23NO3. The minimum Gasteiger partial charge on any atom is -0.481 e. The van der Waals surface area contributed by atoms with Crippen LogP contribution in [-0.2, 0) is 9.59 Å². The molecule has 1 heterocycles. The maximum atomic E-state index is 12.3. The summed E-state index contributed by atoms with van der Waals surface area (Å²) in [6.07, 6.45) is 5.96. The van der Waals surface area contributed by atoms with Crippen LogP contribution in [0, 0.1) is 11.3 Å². The van der Waals surface area contributed by atoms with E-state index in [0.29, 0.717) is 12.0 Å². The van der Waals surface area contributed by atoms with Crippen molar-refractivity contribution in [1.29, 1.82) is 0 Å². The Labute approximate surface area is 108 Å². The average Bonchev–Trinajstić information content (AvgIpc) is 2.75. The van der Waals surface area contributed by atoms with Crippen LogP contribution >= 0.6 is 0 Å². The third-order valence-electron chi connectivity index (χ3n) is 4.49. The van der Waals surface area contributed by atoms with Crippen molar-refractivity contribution < 1.29 is 14.7 Å². The van der Waals surface area contributed by atoms with Crippen LogP contribution in [0.4, 0.5) is 0 Å². The maximum absolute atomic E-state index is 12.3. The summed E-state index contributed by atoms with van der Waals surface area (Å²) in [6.45, 7) is 4.07. The van der Waals surface area contributed by atoms with E-state index in [4.69, 9.17) is 5.11 Å². The van der Waals surface area contributed by atoms with E-state index in [-0.39, 0.29) is 12.3 Å². The van der Waals surface area contributed by atoms with Crippen molar-refractivity contribution in [3.05, 3.63) is 0 Å². The van der Waals surface area contributed by atoms with Gasteiger partial charge in [0.15, 0.2) is 0 Å². The van der Waals surface area contributed by atoms with Crippen LogP contribution in [0.25, 0.3) is 0 Å². The van der Waals surface area contributed by atoms with Crippen LogP contribution in [0.15, 0.2) is 0 Å². The second-order valence-electron chi connectivity index (χ2n) is 6.35. The van der Waals surface area contributed by atoms with Gasteiger partial charge >= 0.3 is 5.97 Å². The fraction of sp³-hybridized carbons (Fsp3) is 0.857. The van der Waals surface area contributed by atoms with E-state index in [1.165, 1.54) is 19.3 Å². The molecule has 2 fully saturated rings. The Morgan fingerprint density at radius 3 is 2.56 bits per heavy atom. The molecule has 0 aromatic heterocycles. The van der Waals surface area contributed by atoms with Gasteiger partial charge in [0.05, 0.1) is 5.41 Å². The number of carboxylic acids is 1. The standard InChI is InChI=1S/C14H23NO3/c1-14(2,13(17)18)9-12(16)15-8-4-6-10-5-3-7-11(10)15/h10-11H,3-9H2,1-2H3,(H,17,18). The summed E-state index contributed by atoms with van der Waals surface area (Å²) in [7, 11) is 0. The lowest BCUT2D eigenvalue weighted by atomic mass is 9.86. The first-order valence-electron chi connectivity index (χ1n) is 6.95. The fourth-order valence-electron chi connectivity index (χ4n) is 3.32. The third kappa shape index (κ3) is 2.52. The van der Waals surface area contributed by atoms with Gasteiger partial charge in [0, 0.05) is 19.0 Å². The molecule has 0 spiro atoms. The third-order valence-corrected chi connectivity index (χ3v) is 4.49. The van der Waals surface area contributed by atoms with Crippen molar-refractivity contribution in [2.24, 2.45) is 11.3 Å². The number of hydrogen-bond donors (Lipinski definition) is 1. The summed E-state index contributed by atoms with van der Waals surface area (Å²) in [5.41, 5.74) is -0.956. The Kier molecular flexibility index (Phi) is 3.64. The summed E-state index contributed by atoms with van der Waals surface area (Å²) in [6, 6.07) is 0.385. The SMILES string of the molecule is CC(C)(CC(=O)N1CCCC2CCCC21)C(=O)O. The smallest absolute Gasteiger partial charge is 0.309 e.